The average Bonchev–Trinajstić information content (AvgIpc) is 2.97. The van der Waals surface area contributed by atoms with Crippen LogP contribution in [0.3, 0.4) is 0 Å². The van der Waals surface area contributed by atoms with Crippen molar-refractivity contribution in [2.45, 2.75) is 71.3 Å². The Morgan fingerprint density at radius 2 is 2.00 bits per heavy atom. The van der Waals surface area contributed by atoms with E-state index < -0.39 is 0 Å². The van der Waals surface area contributed by atoms with Crippen molar-refractivity contribution >= 4 is 11.8 Å². The standard InChI is InChI=1S/C23H35NO4/c1-22-8-6-14(12-24-13-21(27)28-3)10-18(22)19(25)11-15-16-4-5-20(26)23(16,2)9-7-17(15)22/h12,15-19,24-25H,4-11,13H2,1-3H3/b14-12+/t15?,16?,17?,18?,19-,22+,23-/m0/s1. The van der Waals surface area contributed by atoms with E-state index in [1.54, 1.807) is 0 Å². The van der Waals surface area contributed by atoms with Crippen molar-refractivity contribution in [2.24, 2.45) is 34.5 Å². The second kappa shape index (κ2) is 7.16. The topological polar surface area (TPSA) is 75.6 Å². The van der Waals surface area contributed by atoms with Gasteiger partial charge in [0.1, 0.15) is 12.3 Å². The third-order valence-electron chi connectivity index (χ3n) is 9.07. The molecule has 0 amide bonds. The summed E-state index contributed by atoms with van der Waals surface area (Å²) in [6, 6.07) is 0. The molecule has 0 spiro atoms. The van der Waals surface area contributed by atoms with Crippen molar-refractivity contribution in [2.75, 3.05) is 13.7 Å². The molecule has 0 aromatic carbocycles. The molecule has 0 aromatic heterocycles. The van der Waals surface area contributed by atoms with Crippen LogP contribution in [0.5, 0.6) is 0 Å². The number of carbonyl (C=O) groups excluding carboxylic acids is 2. The molecule has 0 aromatic rings. The number of allylic oxidation sites excluding steroid dienone is 1. The van der Waals surface area contributed by atoms with E-state index in [1.165, 1.54) is 12.7 Å². The maximum absolute atomic E-state index is 12.6. The number of rotatable bonds is 3. The number of nitrogens with one attached hydrogen (secondary N) is 1. The van der Waals surface area contributed by atoms with E-state index in [2.05, 4.69) is 23.9 Å². The van der Waals surface area contributed by atoms with Gasteiger partial charge in [-0.3, -0.25) is 9.59 Å². The van der Waals surface area contributed by atoms with Gasteiger partial charge in [0.2, 0.25) is 0 Å². The first-order chi connectivity index (χ1) is 13.3. The minimum Gasteiger partial charge on any atom is -0.468 e. The molecule has 4 aliphatic rings. The van der Waals surface area contributed by atoms with Crippen molar-refractivity contribution in [3.8, 4) is 0 Å². The summed E-state index contributed by atoms with van der Waals surface area (Å²) in [6.07, 6.45) is 9.42. The summed E-state index contributed by atoms with van der Waals surface area (Å²) < 4.78 is 4.67. The van der Waals surface area contributed by atoms with E-state index in [0.717, 1.165) is 51.4 Å². The van der Waals surface area contributed by atoms with Crippen LogP contribution in [0, 0.1) is 34.5 Å². The summed E-state index contributed by atoms with van der Waals surface area (Å²) in [4.78, 5) is 23.9. The lowest BCUT2D eigenvalue weighted by Gasteiger charge is -2.61. The third kappa shape index (κ3) is 3.01. The lowest BCUT2D eigenvalue weighted by molar-refractivity contribution is -0.155. The molecule has 0 heterocycles. The molecule has 0 bridgehead atoms. The number of hydrogen-bond donors (Lipinski definition) is 2. The normalized spacial score (nSPS) is 46.5. The molecule has 4 fully saturated rings. The van der Waals surface area contributed by atoms with Gasteiger partial charge in [0.05, 0.1) is 13.2 Å². The quantitative estimate of drug-likeness (QED) is 0.725. The Bertz CT molecular complexity index is 688. The number of carbonyl (C=O) groups is 2. The summed E-state index contributed by atoms with van der Waals surface area (Å²) in [6.45, 7) is 4.78. The number of Topliss-reactive ketones (excluding diaryl/α,β-unsaturated/α-hetero) is 1. The van der Waals surface area contributed by atoms with Crippen molar-refractivity contribution in [3.63, 3.8) is 0 Å². The molecule has 0 radical (unpaired) electrons. The van der Waals surface area contributed by atoms with Crippen molar-refractivity contribution in [3.05, 3.63) is 11.8 Å². The van der Waals surface area contributed by atoms with Gasteiger partial charge in [0.15, 0.2) is 0 Å². The zero-order valence-electron chi connectivity index (χ0n) is 17.5. The van der Waals surface area contributed by atoms with E-state index in [9.17, 15) is 14.7 Å². The van der Waals surface area contributed by atoms with E-state index >= 15 is 0 Å². The Morgan fingerprint density at radius 1 is 1.21 bits per heavy atom. The Hall–Kier alpha value is -1.36. The van der Waals surface area contributed by atoms with Gasteiger partial charge >= 0.3 is 5.97 Å². The fourth-order valence-electron chi connectivity index (χ4n) is 7.40. The van der Waals surface area contributed by atoms with Gasteiger partial charge in [-0.15, -0.1) is 0 Å². The minimum atomic E-state index is -0.298. The number of methoxy groups -OCH3 is 1. The van der Waals surface area contributed by atoms with Crippen LogP contribution >= 0.6 is 0 Å². The molecule has 5 heteroatoms. The van der Waals surface area contributed by atoms with E-state index in [4.69, 9.17) is 0 Å². The van der Waals surface area contributed by atoms with Crippen LogP contribution in [-0.4, -0.2) is 36.6 Å². The molecule has 4 unspecified atom stereocenters. The first-order valence-corrected chi connectivity index (χ1v) is 11.0. The Labute approximate surface area is 168 Å². The minimum absolute atomic E-state index is 0.137. The van der Waals surface area contributed by atoms with Gasteiger partial charge in [0, 0.05) is 11.8 Å². The maximum Gasteiger partial charge on any atom is 0.325 e. The van der Waals surface area contributed by atoms with Gasteiger partial charge in [-0.25, -0.2) is 0 Å². The summed E-state index contributed by atoms with van der Waals surface area (Å²) >= 11 is 0. The monoisotopic (exact) mass is 389 g/mol. The van der Waals surface area contributed by atoms with Gasteiger partial charge in [-0.1, -0.05) is 19.4 Å². The Kier molecular flexibility index (Phi) is 5.09. The molecular formula is C23H35NO4. The van der Waals surface area contributed by atoms with Crippen LogP contribution < -0.4 is 5.32 Å². The van der Waals surface area contributed by atoms with Crippen LogP contribution in [0.15, 0.2) is 11.8 Å². The van der Waals surface area contributed by atoms with E-state index in [1.807, 2.05) is 6.20 Å². The smallest absolute Gasteiger partial charge is 0.325 e. The number of hydrogen-bond acceptors (Lipinski definition) is 5. The van der Waals surface area contributed by atoms with Crippen LogP contribution in [-0.2, 0) is 14.3 Å². The maximum atomic E-state index is 12.6. The fourth-order valence-corrected chi connectivity index (χ4v) is 7.40. The first-order valence-electron chi connectivity index (χ1n) is 11.0. The zero-order valence-corrected chi connectivity index (χ0v) is 17.5. The summed E-state index contributed by atoms with van der Waals surface area (Å²) in [5.74, 6) is 2.04. The highest BCUT2D eigenvalue weighted by molar-refractivity contribution is 5.87. The molecule has 4 rings (SSSR count). The molecule has 4 aliphatic carbocycles. The molecular weight excluding hydrogens is 354 g/mol. The third-order valence-corrected chi connectivity index (χ3v) is 9.07. The molecule has 0 saturated heterocycles. The fraction of sp³-hybridized carbons (Fsp3) is 0.826. The predicted molar refractivity (Wildman–Crippen MR) is 106 cm³/mol. The van der Waals surface area contributed by atoms with E-state index in [0.29, 0.717) is 23.5 Å². The molecule has 7 atom stereocenters. The van der Waals surface area contributed by atoms with Crippen LogP contribution in [0.1, 0.15) is 65.2 Å². The number of aliphatic hydroxyl groups is 1. The van der Waals surface area contributed by atoms with Crippen LogP contribution in [0.2, 0.25) is 0 Å². The van der Waals surface area contributed by atoms with Gasteiger partial charge in [-0.2, -0.15) is 0 Å². The molecule has 28 heavy (non-hydrogen) atoms. The SMILES string of the molecule is COC(=O)CN/C=C1\CC[C@]2(C)C3CC[C@]4(C)C(=O)CCC4C3C[C@H](O)C2C1. The summed E-state index contributed by atoms with van der Waals surface area (Å²) in [7, 11) is 1.39. The average molecular weight is 390 g/mol. The van der Waals surface area contributed by atoms with Gasteiger partial charge < -0.3 is 15.2 Å². The van der Waals surface area contributed by atoms with E-state index in [-0.39, 0.29) is 35.4 Å². The highest BCUT2D eigenvalue weighted by Crippen LogP contribution is 2.65. The second-order valence-corrected chi connectivity index (χ2v) is 10.2. The van der Waals surface area contributed by atoms with Crippen molar-refractivity contribution < 1.29 is 19.4 Å². The Balaban J connectivity index is 1.50. The second-order valence-electron chi connectivity index (χ2n) is 10.2. The highest BCUT2D eigenvalue weighted by atomic mass is 16.5. The zero-order chi connectivity index (χ0) is 20.1. The first kappa shape index (κ1) is 19.9. The molecule has 4 saturated carbocycles. The predicted octanol–water partition coefficient (Wildman–Crippen LogP) is 3.22. The van der Waals surface area contributed by atoms with Crippen LogP contribution in [0.4, 0.5) is 0 Å². The number of ether oxygens (including phenoxy) is 1. The number of ketones is 1. The van der Waals surface area contributed by atoms with Gasteiger partial charge in [0.25, 0.3) is 0 Å². The molecule has 156 valence electrons. The van der Waals surface area contributed by atoms with Gasteiger partial charge in [-0.05, 0) is 80.2 Å². The number of fused-ring (bicyclic) bond motifs is 5. The highest BCUT2D eigenvalue weighted by Gasteiger charge is 2.61. The van der Waals surface area contributed by atoms with Crippen molar-refractivity contribution in [1.82, 2.24) is 5.32 Å². The Morgan fingerprint density at radius 3 is 2.75 bits per heavy atom. The molecule has 5 nitrogen and oxygen atoms in total. The number of esters is 1. The lowest BCUT2D eigenvalue weighted by atomic mass is 9.44. The van der Waals surface area contributed by atoms with Crippen LogP contribution in [0.25, 0.3) is 0 Å². The largest absolute Gasteiger partial charge is 0.468 e. The summed E-state index contributed by atoms with van der Waals surface area (Å²) in [5, 5.41) is 14.2. The lowest BCUT2D eigenvalue weighted by Crippen LogP contribution is -2.57. The number of aliphatic hydroxyl groups excluding tert-OH is 1. The van der Waals surface area contributed by atoms with Crippen molar-refractivity contribution in [1.29, 1.82) is 0 Å². The molecule has 2 N–H and O–H groups in total. The summed E-state index contributed by atoms with van der Waals surface area (Å²) in [5.41, 5.74) is 1.30. The molecule has 0 aliphatic heterocycles.